The molecule has 0 fully saturated rings. The fraction of sp³-hybridized carbons (Fsp3) is 0. The normalized spacial score (nSPS) is 11.2. The molecule has 0 heterocycles. The van der Waals surface area contributed by atoms with Gasteiger partial charge < -0.3 is 4.90 Å². The second kappa shape index (κ2) is 16.7. The molecule has 0 atom stereocenters. The summed E-state index contributed by atoms with van der Waals surface area (Å²) in [6.45, 7) is 0. The predicted molar refractivity (Wildman–Crippen MR) is 269 cm³/mol. The van der Waals surface area contributed by atoms with E-state index in [2.05, 4.69) is 266 Å². The molecule has 11 aromatic rings. The lowest BCUT2D eigenvalue weighted by molar-refractivity contribution is 1.28. The third kappa shape index (κ3) is 7.16. The average molecular weight is 802 g/mol. The molecular weight excluding hydrogens is 759 g/mol. The van der Waals surface area contributed by atoms with Gasteiger partial charge in [-0.05, 0) is 114 Å². The molecule has 0 amide bonds. The summed E-state index contributed by atoms with van der Waals surface area (Å²) in [5.41, 5.74) is 17.4. The van der Waals surface area contributed by atoms with E-state index in [0.29, 0.717) is 0 Å². The summed E-state index contributed by atoms with van der Waals surface area (Å²) in [6, 6.07) is 94.8. The Morgan fingerprint density at radius 1 is 0.206 bits per heavy atom. The van der Waals surface area contributed by atoms with Crippen LogP contribution in [0.4, 0.5) is 17.1 Å². The molecule has 0 bridgehead atoms. The lowest BCUT2D eigenvalue weighted by Crippen LogP contribution is -2.13. The minimum atomic E-state index is 1.08. The maximum atomic E-state index is 2.48. The first kappa shape index (κ1) is 37.7. The van der Waals surface area contributed by atoms with Gasteiger partial charge in [0, 0.05) is 16.8 Å². The molecule has 0 aliphatic rings. The van der Waals surface area contributed by atoms with Gasteiger partial charge in [-0.3, -0.25) is 0 Å². The molecule has 0 aliphatic heterocycles. The number of hydrogen-bond acceptors (Lipinski definition) is 1. The number of hydrogen-bond donors (Lipinski definition) is 0. The molecule has 0 aromatic heterocycles. The lowest BCUT2D eigenvalue weighted by atomic mass is 9.84. The van der Waals surface area contributed by atoms with E-state index in [1.54, 1.807) is 0 Å². The van der Waals surface area contributed by atoms with Crippen molar-refractivity contribution in [2.75, 3.05) is 4.90 Å². The van der Waals surface area contributed by atoms with Crippen LogP contribution < -0.4 is 4.90 Å². The molecular formula is C62H43N. The fourth-order valence-corrected chi connectivity index (χ4v) is 9.35. The second-order valence-corrected chi connectivity index (χ2v) is 16.0. The molecule has 0 unspecified atom stereocenters. The van der Waals surface area contributed by atoms with Crippen molar-refractivity contribution in [2.45, 2.75) is 0 Å². The standard InChI is InChI=1S/C62H43N/c1-6-22-44(23-7-1)50-40-51(45-24-8-2-9-25-45)42-52(41-50)63(59-36-20-18-32-53(59)46-26-10-3-11-27-46)60-37-21-19-33-54(60)49-38-39-56-55-34-16-17-35-57(55)61(47-28-12-4-13-29-47)62(58(56)43-49)48-30-14-5-15-31-48/h1-43H. The first-order valence-electron chi connectivity index (χ1n) is 21.7. The van der Waals surface area contributed by atoms with Crippen molar-refractivity contribution in [1.29, 1.82) is 0 Å². The highest BCUT2D eigenvalue weighted by atomic mass is 15.1. The predicted octanol–water partition coefficient (Wildman–Crippen LogP) is 17.5. The molecule has 0 saturated heterocycles. The van der Waals surface area contributed by atoms with Crippen LogP contribution >= 0.6 is 0 Å². The van der Waals surface area contributed by atoms with E-state index in [0.717, 1.165) is 50.4 Å². The molecule has 1 heteroatoms. The molecule has 1 nitrogen and oxygen atoms in total. The fourth-order valence-electron chi connectivity index (χ4n) is 9.35. The average Bonchev–Trinajstić information content (AvgIpc) is 3.37. The number of fused-ring (bicyclic) bond motifs is 3. The van der Waals surface area contributed by atoms with Crippen molar-refractivity contribution < 1.29 is 0 Å². The van der Waals surface area contributed by atoms with E-state index in [9.17, 15) is 0 Å². The number of anilines is 3. The zero-order valence-corrected chi connectivity index (χ0v) is 34.8. The van der Waals surface area contributed by atoms with E-state index >= 15 is 0 Å². The van der Waals surface area contributed by atoms with Crippen molar-refractivity contribution in [3.63, 3.8) is 0 Å². The quantitative estimate of drug-likeness (QED) is 0.131. The number of benzene rings is 11. The molecule has 0 N–H and O–H groups in total. The molecule has 0 aliphatic carbocycles. The summed E-state index contributed by atoms with van der Waals surface area (Å²) < 4.78 is 0. The zero-order chi connectivity index (χ0) is 42.0. The van der Waals surface area contributed by atoms with Gasteiger partial charge >= 0.3 is 0 Å². The Balaban J connectivity index is 1.21. The Bertz CT molecular complexity index is 3300. The van der Waals surface area contributed by atoms with Gasteiger partial charge in [-0.15, -0.1) is 0 Å². The van der Waals surface area contributed by atoms with Crippen LogP contribution in [0, 0.1) is 0 Å². The summed E-state index contributed by atoms with van der Waals surface area (Å²) >= 11 is 0. The zero-order valence-electron chi connectivity index (χ0n) is 34.8. The van der Waals surface area contributed by atoms with Crippen molar-refractivity contribution in [2.24, 2.45) is 0 Å². The first-order valence-corrected chi connectivity index (χ1v) is 21.7. The largest absolute Gasteiger partial charge is 0.309 e. The van der Waals surface area contributed by atoms with Crippen LogP contribution in [0.25, 0.3) is 88.3 Å². The van der Waals surface area contributed by atoms with Crippen LogP contribution in [0.15, 0.2) is 261 Å². The van der Waals surface area contributed by atoms with Gasteiger partial charge in [-0.25, -0.2) is 0 Å². The van der Waals surface area contributed by atoms with E-state index < -0.39 is 0 Å². The second-order valence-electron chi connectivity index (χ2n) is 16.0. The molecule has 11 rings (SSSR count). The van der Waals surface area contributed by atoms with Gasteiger partial charge in [-0.1, -0.05) is 224 Å². The minimum absolute atomic E-state index is 1.08. The molecule has 0 saturated carbocycles. The molecule has 0 spiro atoms. The third-order valence-electron chi connectivity index (χ3n) is 12.2. The Morgan fingerprint density at radius 2 is 0.587 bits per heavy atom. The van der Waals surface area contributed by atoms with Crippen LogP contribution in [-0.4, -0.2) is 0 Å². The maximum Gasteiger partial charge on any atom is 0.0540 e. The summed E-state index contributed by atoms with van der Waals surface area (Å²) in [7, 11) is 0. The smallest absolute Gasteiger partial charge is 0.0540 e. The number of rotatable bonds is 9. The number of para-hydroxylation sites is 2. The Hall–Kier alpha value is -8.26. The summed E-state index contributed by atoms with van der Waals surface area (Å²) in [6.07, 6.45) is 0. The Morgan fingerprint density at radius 3 is 1.11 bits per heavy atom. The minimum Gasteiger partial charge on any atom is -0.309 e. The SMILES string of the molecule is c1ccc(-c2cc(-c3ccccc3)cc(N(c3ccccc3-c3ccccc3)c3ccccc3-c3ccc4c(c3)c(-c3ccccc3)c(-c3ccccc3)c3ccccc34)c2)cc1. The monoisotopic (exact) mass is 801 g/mol. The van der Waals surface area contributed by atoms with Gasteiger partial charge in [-0.2, -0.15) is 0 Å². The van der Waals surface area contributed by atoms with E-state index in [4.69, 9.17) is 0 Å². The maximum absolute atomic E-state index is 2.48. The first-order chi connectivity index (χ1) is 31.3. The van der Waals surface area contributed by atoms with E-state index in [-0.39, 0.29) is 0 Å². The van der Waals surface area contributed by atoms with Crippen molar-refractivity contribution in [3.05, 3.63) is 261 Å². The highest BCUT2D eigenvalue weighted by Crippen LogP contribution is 2.49. The Labute approximate surface area is 369 Å². The van der Waals surface area contributed by atoms with Gasteiger partial charge in [0.2, 0.25) is 0 Å². The van der Waals surface area contributed by atoms with E-state index in [1.165, 1.54) is 54.9 Å². The van der Waals surface area contributed by atoms with Crippen LogP contribution in [-0.2, 0) is 0 Å². The van der Waals surface area contributed by atoms with Crippen molar-refractivity contribution in [1.82, 2.24) is 0 Å². The number of nitrogens with zero attached hydrogens (tertiary/aromatic N) is 1. The summed E-state index contributed by atoms with van der Waals surface area (Å²) in [5, 5.41) is 4.95. The highest BCUT2D eigenvalue weighted by molar-refractivity contribution is 6.22. The molecule has 11 aromatic carbocycles. The van der Waals surface area contributed by atoms with Gasteiger partial charge in [0.05, 0.1) is 11.4 Å². The van der Waals surface area contributed by atoms with Crippen LogP contribution in [0.3, 0.4) is 0 Å². The topological polar surface area (TPSA) is 3.24 Å². The summed E-state index contributed by atoms with van der Waals surface area (Å²) in [5.74, 6) is 0. The van der Waals surface area contributed by atoms with Crippen molar-refractivity contribution >= 4 is 38.6 Å². The van der Waals surface area contributed by atoms with Gasteiger partial charge in [0.15, 0.2) is 0 Å². The molecule has 296 valence electrons. The third-order valence-corrected chi connectivity index (χ3v) is 12.2. The van der Waals surface area contributed by atoms with E-state index in [1.807, 2.05) is 0 Å². The van der Waals surface area contributed by atoms with Crippen molar-refractivity contribution in [3.8, 4) is 66.8 Å². The van der Waals surface area contributed by atoms with Crippen LogP contribution in [0.2, 0.25) is 0 Å². The Kier molecular flexibility index (Phi) is 9.97. The highest BCUT2D eigenvalue weighted by Gasteiger charge is 2.23. The van der Waals surface area contributed by atoms with Gasteiger partial charge in [0.25, 0.3) is 0 Å². The van der Waals surface area contributed by atoms with Crippen LogP contribution in [0.1, 0.15) is 0 Å². The van der Waals surface area contributed by atoms with Crippen LogP contribution in [0.5, 0.6) is 0 Å². The summed E-state index contributed by atoms with van der Waals surface area (Å²) in [4.78, 5) is 2.48. The molecule has 63 heavy (non-hydrogen) atoms. The molecule has 0 radical (unpaired) electrons. The van der Waals surface area contributed by atoms with Gasteiger partial charge in [0.1, 0.15) is 0 Å². The lowest BCUT2D eigenvalue weighted by Gasteiger charge is -2.31.